The monoisotopic (exact) mass is 580 g/mol. The zero-order chi connectivity index (χ0) is 30.2. The molecule has 2 saturated heterocycles. The molecule has 226 valence electrons. The highest BCUT2D eigenvalue weighted by Crippen LogP contribution is 2.34. The second kappa shape index (κ2) is 14.0. The first-order chi connectivity index (χ1) is 20.9. The molecule has 7 nitrogen and oxygen atoms in total. The van der Waals surface area contributed by atoms with Crippen LogP contribution < -0.4 is 10.2 Å². The summed E-state index contributed by atoms with van der Waals surface area (Å²) in [5, 5.41) is 3.10. The van der Waals surface area contributed by atoms with Gasteiger partial charge in [0.05, 0.1) is 0 Å². The first-order valence-electron chi connectivity index (χ1n) is 15.7. The van der Waals surface area contributed by atoms with Crippen molar-refractivity contribution in [2.24, 2.45) is 0 Å². The highest BCUT2D eigenvalue weighted by Gasteiger charge is 2.53. The Kier molecular flexibility index (Phi) is 9.93. The zero-order valence-corrected chi connectivity index (χ0v) is 25.5. The Morgan fingerprint density at radius 3 is 2.14 bits per heavy atom. The Morgan fingerprint density at radius 2 is 1.51 bits per heavy atom. The van der Waals surface area contributed by atoms with Crippen LogP contribution in [0.25, 0.3) is 11.1 Å². The topological polar surface area (TPSA) is 73.0 Å². The van der Waals surface area contributed by atoms with Crippen LogP contribution >= 0.6 is 0 Å². The number of hydrogen-bond acceptors (Lipinski definition) is 4. The molecule has 2 heterocycles. The van der Waals surface area contributed by atoms with Gasteiger partial charge in [-0.1, -0.05) is 79.7 Å². The summed E-state index contributed by atoms with van der Waals surface area (Å²) in [6.07, 6.45) is 4.20. The van der Waals surface area contributed by atoms with E-state index in [1.165, 1.54) is 5.56 Å². The van der Waals surface area contributed by atoms with Crippen molar-refractivity contribution < 1.29 is 14.4 Å². The Hall–Kier alpha value is -3.97. The third kappa shape index (κ3) is 6.99. The third-order valence-electron chi connectivity index (χ3n) is 9.04. The van der Waals surface area contributed by atoms with Gasteiger partial charge < -0.3 is 20.0 Å². The molecule has 43 heavy (non-hydrogen) atoms. The van der Waals surface area contributed by atoms with Gasteiger partial charge in [0.15, 0.2) is 0 Å². The number of anilines is 1. The second-order valence-electron chi connectivity index (χ2n) is 11.9. The van der Waals surface area contributed by atoms with E-state index >= 15 is 0 Å². The van der Waals surface area contributed by atoms with Crippen LogP contribution in [0.1, 0.15) is 51.5 Å². The first kappa shape index (κ1) is 30.5. The smallest absolute Gasteiger partial charge is 0.246 e. The number of piperazine rings is 1. The minimum atomic E-state index is -0.765. The highest BCUT2D eigenvalue weighted by atomic mass is 16.2. The summed E-state index contributed by atoms with van der Waals surface area (Å²) in [4.78, 5) is 46.1. The fourth-order valence-corrected chi connectivity index (χ4v) is 6.58. The lowest BCUT2D eigenvalue weighted by molar-refractivity contribution is -0.161. The van der Waals surface area contributed by atoms with Gasteiger partial charge in [-0.25, -0.2) is 0 Å². The molecular weight excluding hydrogens is 536 g/mol. The van der Waals surface area contributed by atoms with Gasteiger partial charge in [-0.3, -0.25) is 14.4 Å². The van der Waals surface area contributed by atoms with E-state index in [0.717, 1.165) is 49.3 Å². The van der Waals surface area contributed by atoms with Crippen LogP contribution in [-0.2, 0) is 20.8 Å². The average molecular weight is 581 g/mol. The van der Waals surface area contributed by atoms with E-state index in [-0.39, 0.29) is 17.7 Å². The van der Waals surface area contributed by atoms with Crippen LogP contribution in [0.15, 0.2) is 84.9 Å². The van der Waals surface area contributed by atoms with Crippen molar-refractivity contribution in [3.8, 4) is 11.1 Å². The first-order valence-corrected chi connectivity index (χ1v) is 15.7. The number of carbonyl (C=O) groups excluding carboxylic acids is 3. The van der Waals surface area contributed by atoms with Crippen molar-refractivity contribution in [2.45, 2.75) is 64.0 Å². The summed E-state index contributed by atoms with van der Waals surface area (Å²) in [5.41, 5.74) is 3.60. The number of piperidine rings is 1. The molecule has 7 heteroatoms. The van der Waals surface area contributed by atoms with Crippen LogP contribution in [0.5, 0.6) is 0 Å². The average Bonchev–Trinajstić information content (AvgIpc) is 3.04. The van der Waals surface area contributed by atoms with Gasteiger partial charge in [0.25, 0.3) is 0 Å². The molecule has 0 saturated carbocycles. The van der Waals surface area contributed by atoms with Gasteiger partial charge in [0, 0.05) is 45.3 Å². The molecule has 1 spiro atoms. The molecule has 1 N–H and O–H groups in total. The number of nitrogens with zero attached hydrogens (tertiary/aromatic N) is 3. The lowest BCUT2D eigenvalue weighted by atomic mass is 9.81. The zero-order valence-electron chi connectivity index (χ0n) is 25.5. The molecule has 2 aliphatic rings. The Morgan fingerprint density at radius 1 is 0.884 bits per heavy atom. The van der Waals surface area contributed by atoms with Gasteiger partial charge in [0.1, 0.15) is 11.6 Å². The molecule has 0 bridgehead atoms. The highest BCUT2D eigenvalue weighted by molar-refractivity contribution is 6.00. The maximum atomic E-state index is 13.8. The summed E-state index contributed by atoms with van der Waals surface area (Å²) >= 11 is 0. The summed E-state index contributed by atoms with van der Waals surface area (Å²) in [6.45, 7) is 7.25. The van der Waals surface area contributed by atoms with Gasteiger partial charge in [-0.05, 0) is 67.3 Å². The second-order valence-corrected chi connectivity index (χ2v) is 11.9. The van der Waals surface area contributed by atoms with E-state index in [9.17, 15) is 14.4 Å². The third-order valence-corrected chi connectivity index (χ3v) is 9.04. The molecule has 3 aromatic rings. The number of benzene rings is 3. The SMILES string of the molecule is CCCN1C(=O)[C@H](CCCN(C(C)=O)c2ccc(-c3ccccc3)cc2)NC(=O)C12CCN(CCc1ccccc1)CC2. The van der Waals surface area contributed by atoms with Crippen LogP contribution in [0.3, 0.4) is 0 Å². The summed E-state index contributed by atoms with van der Waals surface area (Å²) < 4.78 is 0. The van der Waals surface area contributed by atoms with Gasteiger partial charge in [-0.2, -0.15) is 0 Å². The van der Waals surface area contributed by atoms with Crippen molar-refractivity contribution >= 4 is 23.4 Å². The lowest BCUT2D eigenvalue weighted by Crippen LogP contribution is -2.72. The molecule has 0 aliphatic carbocycles. The predicted molar refractivity (Wildman–Crippen MR) is 172 cm³/mol. The number of carbonyl (C=O) groups is 3. The maximum Gasteiger partial charge on any atom is 0.246 e. The van der Waals surface area contributed by atoms with E-state index in [0.29, 0.717) is 38.8 Å². The van der Waals surface area contributed by atoms with E-state index in [2.05, 4.69) is 53.5 Å². The molecule has 1 atom stereocenters. The van der Waals surface area contributed by atoms with Crippen molar-refractivity contribution in [1.29, 1.82) is 0 Å². The van der Waals surface area contributed by atoms with Crippen LogP contribution in [0.2, 0.25) is 0 Å². The maximum absolute atomic E-state index is 13.8. The van der Waals surface area contributed by atoms with Crippen molar-refractivity contribution in [3.63, 3.8) is 0 Å². The van der Waals surface area contributed by atoms with E-state index in [4.69, 9.17) is 0 Å². The quantitative estimate of drug-likeness (QED) is 0.334. The minimum absolute atomic E-state index is 0.0146. The van der Waals surface area contributed by atoms with Gasteiger partial charge in [0.2, 0.25) is 17.7 Å². The Labute approximate surface area is 255 Å². The lowest BCUT2D eigenvalue weighted by Gasteiger charge is -2.51. The summed E-state index contributed by atoms with van der Waals surface area (Å²) in [7, 11) is 0. The predicted octanol–water partition coefficient (Wildman–Crippen LogP) is 5.30. The molecule has 3 aromatic carbocycles. The molecule has 5 rings (SSSR count). The van der Waals surface area contributed by atoms with Crippen LogP contribution in [-0.4, -0.2) is 71.8 Å². The standard InChI is InChI=1S/C36H44N4O3/c1-3-23-40-34(42)33(37-35(43)36(40)21-26-38(27-22-36)25-20-29-11-6-4-7-12-29)15-10-24-39(28(2)41)32-18-16-31(17-19-32)30-13-8-5-9-14-30/h4-9,11-14,16-19,33H,3,10,15,20-27H2,1-2H3,(H,37,43)/t33-/m0/s1. The number of amides is 3. The van der Waals surface area contributed by atoms with E-state index in [1.807, 2.05) is 53.4 Å². The number of hydrogen-bond donors (Lipinski definition) is 1. The molecule has 0 unspecified atom stereocenters. The number of likely N-dealkylation sites (tertiary alicyclic amines) is 1. The van der Waals surface area contributed by atoms with Gasteiger partial charge in [-0.15, -0.1) is 0 Å². The molecule has 3 amide bonds. The minimum Gasteiger partial charge on any atom is -0.342 e. The Balaban J connectivity index is 1.18. The molecule has 2 aliphatic heterocycles. The summed E-state index contributed by atoms with van der Waals surface area (Å²) in [5.74, 6) is -0.0500. The van der Waals surface area contributed by atoms with Crippen molar-refractivity contribution in [3.05, 3.63) is 90.5 Å². The fourth-order valence-electron chi connectivity index (χ4n) is 6.58. The van der Waals surface area contributed by atoms with E-state index < -0.39 is 11.6 Å². The fraction of sp³-hybridized carbons (Fsp3) is 0.417. The number of nitrogens with one attached hydrogen (secondary N) is 1. The van der Waals surface area contributed by atoms with Crippen LogP contribution in [0.4, 0.5) is 5.69 Å². The molecule has 0 aromatic heterocycles. The molecular formula is C36H44N4O3. The van der Waals surface area contributed by atoms with Gasteiger partial charge >= 0.3 is 0 Å². The van der Waals surface area contributed by atoms with Crippen LogP contribution in [0, 0.1) is 0 Å². The van der Waals surface area contributed by atoms with Crippen molar-refractivity contribution in [1.82, 2.24) is 15.1 Å². The van der Waals surface area contributed by atoms with Crippen molar-refractivity contribution in [2.75, 3.05) is 37.6 Å². The molecule has 2 fully saturated rings. The Bertz CT molecular complexity index is 1370. The normalized spacial score (nSPS) is 18.5. The molecule has 0 radical (unpaired) electrons. The summed E-state index contributed by atoms with van der Waals surface area (Å²) in [6, 6.07) is 28.0. The largest absolute Gasteiger partial charge is 0.342 e. The van der Waals surface area contributed by atoms with E-state index in [1.54, 1.807) is 11.8 Å². The number of rotatable bonds is 11.